The largest absolute Gasteiger partial charge is 0.478 e. The van der Waals surface area contributed by atoms with Gasteiger partial charge in [-0.2, -0.15) is 0 Å². The van der Waals surface area contributed by atoms with Gasteiger partial charge < -0.3 is 14.6 Å². The number of rotatable bonds is 6. The van der Waals surface area contributed by atoms with Crippen LogP contribution in [0.15, 0.2) is 24.3 Å². The van der Waals surface area contributed by atoms with E-state index in [-0.39, 0.29) is 23.5 Å². The zero-order valence-corrected chi connectivity index (χ0v) is 10.0. The van der Waals surface area contributed by atoms with Gasteiger partial charge in [-0.1, -0.05) is 12.1 Å². The number of carbonyl (C=O) groups is 3. The topological polar surface area (TPSA) is 80.7 Å². The quantitative estimate of drug-likeness (QED) is 0.616. The summed E-state index contributed by atoms with van der Waals surface area (Å²) in [4.78, 5) is 33.2. The Labute approximate surface area is 104 Å². The first kappa shape index (κ1) is 13.9. The second kappa shape index (κ2) is 6.54. The van der Waals surface area contributed by atoms with Gasteiger partial charge in [0.25, 0.3) is 0 Å². The van der Waals surface area contributed by atoms with Crippen LogP contribution < -0.4 is 0 Å². The van der Waals surface area contributed by atoms with Crippen molar-refractivity contribution >= 4 is 17.7 Å². The van der Waals surface area contributed by atoms with Crippen molar-refractivity contribution in [1.82, 2.24) is 0 Å². The van der Waals surface area contributed by atoms with E-state index >= 15 is 0 Å². The lowest BCUT2D eigenvalue weighted by molar-refractivity contribution is -0.117. The summed E-state index contributed by atoms with van der Waals surface area (Å²) in [5, 5.41) is 8.91. The fraction of sp³-hybridized carbons (Fsp3) is 0.308. The van der Waals surface area contributed by atoms with Crippen LogP contribution in [-0.2, 0) is 9.53 Å². The molecule has 0 fully saturated rings. The molecule has 1 N–H and O–H groups in total. The van der Waals surface area contributed by atoms with Crippen LogP contribution in [0.2, 0.25) is 0 Å². The Bertz CT molecular complexity index is 464. The Balaban J connectivity index is 2.61. The van der Waals surface area contributed by atoms with E-state index in [2.05, 4.69) is 0 Å². The number of hydrogen-bond acceptors (Lipinski definition) is 4. The predicted octanol–water partition coefficient (Wildman–Crippen LogP) is 1.91. The summed E-state index contributed by atoms with van der Waals surface area (Å²) in [6.07, 6.45) is 0.782. The summed E-state index contributed by atoms with van der Waals surface area (Å²) in [7, 11) is 0. The minimum absolute atomic E-state index is 0.0211. The first-order valence-electron chi connectivity index (χ1n) is 5.51. The number of carbonyl (C=O) groups excluding carboxylic acids is 2. The maximum atomic E-state index is 11.6. The third kappa shape index (κ3) is 4.01. The monoisotopic (exact) mass is 250 g/mol. The number of ether oxygens (including phenoxy) is 1. The highest BCUT2D eigenvalue weighted by atomic mass is 16.5. The molecule has 0 aliphatic heterocycles. The molecular formula is C13H14O5. The Morgan fingerprint density at radius 3 is 2.33 bits per heavy atom. The van der Waals surface area contributed by atoms with E-state index < -0.39 is 11.9 Å². The zero-order chi connectivity index (χ0) is 13.5. The molecule has 0 atom stereocenters. The summed E-state index contributed by atoms with van der Waals surface area (Å²) < 4.78 is 4.91. The molecule has 18 heavy (non-hydrogen) atoms. The van der Waals surface area contributed by atoms with Gasteiger partial charge in [0.2, 0.25) is 0 Å². The van der Waals surface area contributed by atoms with E-state index in [4.69, 9.17) is 9.84 Å². The minimum atomic E-state index is -1.17. The van der Waals surface area contributed by atoms with Gasteiger partial charge >= 0.3 is 11.9 Å². The summed E-state index contributed by atoms with van der Waals surface area (Å²) in [5.74, 6) is -1.83. The van der Waals surface area contributed by atoms with Gasteiger partial charge in [0.15, 0.2) is 0 Å². The number of Topliss-reactive ketones (excluding diaryl/α,β-unsaturated/α-hetero) is 1. The molecule has 0 spiro atoms. The van der Waals surface area contributed by atoms with Crippen molar-refractivity contribution < 1.29 is 24.2 Å². The van der Waals surface area contributed by atoms with E-state index in [1.54, 1.807) is 6.07 Å². The molecule has 0 unspecified atom stereocenters. The van der Waals surface area contributed by atoms with Gasteiger partial charge in [-0.15, -0.1) is 0 Å². The van der Waals surface area contributed by atoms with Crippen molar-refractivity contribution in [2.45, 2.75) is 19.8 Å². The minimum Gasteiger partial charge on any atom is -0.478 e. The summed E-state index contributed by atoms with van der Waals surface area (Å²) in [6, 6.07) is 5.85. The van der Waals surface area contributed by atoms with E-state index in [1.807, 2.05) is 0 Å². The molecular weight excluding hydrogens is 236 g/mol. The molecule has 0 aromatic heterocycles. The molecule has 0 aliphatic rings. The highest BCUT2D eigenvalue weighted by molar-refractivity contribution is 6.02. The van der Waals surface area contributed by atoms with Crippen molar-refractivity contribution in [1.29, 1.82) is 0 Å². The third-order valence-corrected chi connectivity index (χ3v) is 2.28. The van der Waals surface area contributed by atoms with Crippen LogP contribution in [0, 0.1) is 0 Å². The molecule has 1 aromatic carbocycles. The van der Waals surface area contributed by atoms with Crippen LogP contribution in [0.25, 0.3) is 0 Å². The third-order valence-electron chi connectivity index (χ3n) is 2.28. The molecule has 96 valence electrons. The van der Waals surface area contributed by atoms with Crippen LogP contribution in [0.3, 0.4) is 0 Å². The van der Waals surface area contributed by atoms with Crippen LogP contribution in [0.4, 0.5) is 0 Å². The lowest BCUT2D eigenvalue weighted by Crippen LogP contribution is -2.12. The number of hydrogen-bond donors (Lipinski definition) is 1. The van der Waals surface area contributed by atoms with E-state index in [1.165, 1.54) is 25.1 Å². The Morgan fingerprint density at radius 2 is 1.78 bits per heavy atom. The fourth-order valence-electron chi connectivity index (χ4n) is 1.41. The number of carboxylic acids is 1. The molecule has 5 heteroatoms. The molecule has 1 rings (SSSR count). The molecule has 0 saturated heterocycles. The second-order valence-corrected chi connectivity index (χ2v) is 3.79. The van der Waals surface area contributed by atoms with Gasteiger partial charge in [0.05, 0.1) is 17.7 Å². The smallest absolute Gasteiger partial charge is 0.339 e. The van der Waals surface area contributed by atoms with E-state index in [0.29, 0.717) is 12.8 Å². The second-order valence-electron chi connectivity index (χ2n) is 3.79. The Hall–Kier alpha value is -2.17. The lowest BCUT2D eigenvalue weighted by atomic mass is 10.1. The predicted molar refractivity (Wildman–Crippen MR) is 63.6 cm³/mol. The molecule has 0 heterocycles. The average Bonchev–Trinajstić information content (AvgIpc) is 2.34. The number of benzene rings is 1. The molecule has 0 bridgehead atoms. The first-order chi connectivity index (χ1) is 8.52. The fourth-order valence-corrected chi connectivity index (χ4v) is 1.41. The number of esters is 1. The SMILES string of the molecule is CC(=O)CCCOC(=O)c1ccccc1C(=O)O. The van der Waals surface area contributed by atoms with Crippen molar-refractivity contribution in [3.8, 4) is 0 Å². The van der Waals surface area contributed by atoms with Crippen molar-refractivity contribution in [3.05, 3.63) is 35.4 Å². The maximum absolute atomic E-state index is 11.6. The first-order valence-corrected chi connectivity index (χ1v) is 5.51. The molecule has 0 amide bonds. The average molecular weight is 250 g/mol. The summed E-state index contributed by atoms with van der Waals surface area (Å²) in [6.45, 7) is 1.56. The van der Waals surface area contributed by atoms with Crippen LogP contribution in [-0.4, -0.2) is 29.4 Å². The van der Waals surface area contributed by atoms with E-state index in [9.17, 15) is 14.4 Å². The van der Waals surface area contributed by atoms with Gasteiger partial charge in [-0.05, 0) is 25.5 Å². The van der Waals surface area contributed by atoms with Gasteiger partial charge in [-0.25, -0.2) is 9.59 Å². The number of ketones is 1. The summed E-state index contributed by atoms with van der Waals surface area (Å²) >= 11 is 0. The number of carboxylic acid groups (broad SMARTS) is 1. The van der Waals surface area contributed by atoms with Crippen molar-refractivity contribution in [2.75, 3.05) is 6.61 Å². The highest BCUT2D eigenvalue weighted by Crippen LogP contribution is 2.10. The van der Waals surface area contributed by atoms with Crippen molar-refractivity contribution in [3.63, 3.8) is 0 Å². The molecule has 0 aliphatic carbocycles. The van der Waals surface area contributed by atoms with Gasteiger partial charge in [0.1, 0.15) is 5.78 Å². The maximum Gasteiger partial charge on any atom is 0.339 e. The van der Waals surface area contributed by atoms with Crippen molar-refractivity contribution in [2.24, 2.45) is 0 Å². The molecule has 0 saturated carbocycles. The zero-order valence-electron chi connectivity index (χ0n) is 10.0. The van der Waals surface area contributed by atoms with Gasteiger partial charge in [-0.3, -0.25) is 0 Å². The van der Waals surface area contributed by atoms with E-state index in [0.717, 1.165) is 0 Å². The standard InChI is InChI=1S/C13H14O5/c1-9(14)5-4-8-18-13(17)11-7-3-2-6-10(11)12(15)16/h2-3,6-7H,4-5,8H2,1H3,(H,15,16). The van der Waals surface area contributed by atoms with Crippen LogP contribution in [0.1, 0.15) is 40.5 Å². The number of aromatic carboxylic acids is 1. The Kier molecular flexibility index (Phi) is 5.05. The molecule has 1 aromatic rings. The normalized spacial score (nSPS) is 9.83. The molecule has 5 nitrogen and oxygen atoms in total. The Morgan fingerprint density at radius 1 is 1.17 bits per heavy atom. The highest BCUT2D eigenvalue weighted by Gasteiger charge is 2.16. The van der Waals surface area contributed by atoms with Gasteiger partial charge in [0, 0.05) is 6.42 Å². The summed E-state index contributed by atoms with van der Waals surface area (Å²) in [5.41, 5.74) is -0.0677. The molecule has 0 radical (unpaired) electrons. The van der Waals surface area contributed by atoms with Crippen LogP contribution >= 0.6 is 0 Å². The lowest BCUT2D eigenvalue weighted by Gasteiger charge is -2.06. The van der Waals surface area contributed by atoms with Crippen LogP contribution in [0.5, 0.6) is 0 Å².